The average Bonchev–Trinajstić information content (AvgIpc) is 3.88. The molecule has 0 saturated carbocycles. The van der Waals surface area contributed by atoms with Gasteiger partial charge in [0.2, 0.25) is 0 Å². The molecule has 2 heterocycles. The highest BCUT2D eigenvalue weighted by molar-refractivity contribution is 6.25. The van der Waals surface area contributed by atoms with Crippen LogP contribution < -0.4 is 0 Å². The standard InChI is InChI=1S/C58H34O2/c1-2-15-35(16-3-1)54-45-22-8-10-24-47(45)57(48-25-11-9-23-46(48)54)50-27-14-26-49-40-32-30-37(34-53(40)60-58(49)50)56-43-20-6-4-18-41(43)55(42-19-5-7-21-44(42)56)36-29-31-39-38-17-12-13-28-51(38)59-52(39)33-36/h1-34H. The first-order valence-electron chi connectivity index (χ1n) is 20.6. The van der Waals surface area contributed by atoms with Gasteiger partial charge < -0.3 is 8.83 Å². The highest BCUT2D eigenvalue weighted by atomic mass is 16.3. The van der Waals surface area contributed by atoms with Crippen LogP contribution in [0.2, 0.25) is 0 Å². The zero-order valence-corrected chi connectivity index (χ0v) is 32.4. The Labute approximate surface area is 345 Å². The molecule has 2 nitrogen and oxygen atoms in total. The minimum absolute atomic E-state index is 0.872. The van der Waals surface area contributed by atoms with Gasteiger partial charge in [0.15, 0.2) is 0 Å². The minimum Gasteiger partial charge on any atom is -0.456 e. The zero-order chi connectivity index (χ0) is 39.3. The number of para-hydroxylation sites is 2. The summed E-state index contributed by atoms with van der Waals surface area (Å²) in [4.78, 5) is 0. The molecule has 60 heavy (non-hydrogen) atoms. The van der Waals surface area contributed by atoms with Gasteiger partial charge in [0.1, 0.15) is 22.3 Å². The molecule has 13 rings (SSSR count). The first kappa shape index (κ1) is 33.1. The van der Waals surface area contributed by atoms with E-state index in [1.807, 2.05) is 12.1 Å². The van der Waals surface area contributed by atoms with E-state index in [1.54, 1.807) is 0 Å². The van der Waals surface area contributed by atoms with Crippen LogP contribution in [0.15, 0.2) is 215 Å². The molecule has 0 aliphatic heterocycles. The summed E-state index contributed by atoms with van der Waals surface area (Å²) in [5.74, 6) is 0. The molecule has 11 aromatic carbocycles. The van der Waals surface area contributed by atoms with Crippen LogP contribution in [-0.2, 0) is 0 Å². The fraction of sp³-hybridized carbons (Fsp3) is 0. The van der Waals surface area contributed by atoms with E-state index in [2.05, 4.69) is 194 Å². The van der Waals surface area contributed by atoms with Crippen LogP contribution >= 0.6 is 0 Å². The third kappa shape index (κ3) is 4.76. The van der Waals surface area contributed by atoms with Gasteiger partial charge in [-0.15, -0.1) is 0 Å². The molecule has 0 aliphatic carbocycles. The SMILES string of the molecule is c1ccc(-c2c3ccccc3c(-c3cccc4c3oc3cc(-c5c6ccccc6c(-c6ccc7c(c6)oc6ccccc67)c6ccccc56)ccc34)c3ccccc23)cc1. The van der Waals surface area contributed by atoms with Crippen LogP contribution in [0.25, 0.3) is 131 Å². The summed E-state index contributed by atoms with van der Waals surface area (Å²) in [7, 11) is 0. The normalized spacial score (nSPS) is 12.0. The Kier molecular flexibility index (Phi) is 7.05. The number of hydrogen-bond acceptors (Lipinski definition) is 2. The van der Waals surface area contributed by atoms with E-state index in [4.69, 9.17) is 8.83 Å². The molecule has 278 valence electrons. The maximum absolute atomic E-state index is 7.09. The van der Waals surface area contributed by atoms with Gasteiger partial charge in [-0.2, -0.15) is 0 Å². The Balaban J connectivity index is 1.03. The minimum atomic E-state index is 0.872. The van der Waals surface area contributed by atoms with Gasteiger partial charge in [0.25, 0.3) is 0 Å². The maximum Gasteiger partial charge on any atom is 0.143 e. The molecule has 2 heteroatoms. The lowest BCUT2D eigenvalue weighted by molar-refractivity contribution is 0.669. The van der Waals surface area contributed by atoms with Gasteiger partial charge in [-0.25, -0.2) is 0 Å². The van der Waals surface area contributed by atoms with E-state index in [1.165, 1.54) is 70.9 Å². The third-order valence-electron chi connectivity index (χ3n) is 12.6. The van der Waals surface area contributed by atoms with Crippen molar-refractivity contribution in [3.05, 3.63) is 206 Å². The Hall–Kier alpha value is -7.94. The van der Waals surface area contributed by atoms with E-state index in [9.17, 15) is 0 Å². The summed E-state index contributed by atoms with van der Waals surface area (Å²) in [5, 5.41) is 14.2. The fourth-order valence-corrected chi connectivity index (χ4v) is 10.1. The lowest BCUT2D eigenvalue weighted by Crippen LogP contribution is -1.90. The van der Waals surface area contributed by atoms with Crippen LogP contribution in [0.1, 0.15) is 0 Å². The second kappa shape index (κ2) is 12.8. The summed E-state index contributed by atoms with van der Waals surface area (Å²) in [6, 6.07) is 74.4. The van der Waals surface area contributed by atoms with Crippen LogP contribution in [0.5, 0.6) is 0 Å². The van der Waals surface area contributed by atoms with Gasteiger partial charge in [-0.3, -0.25) is 0 Å². The van der Waals surface area contributed by atoms with Crippen LogP contribution in [0.4, 0.5) is 0 Å². The molecular weight excluding hydrogens is 729 g/mol. The molecule has 13 aromatic rings. The summed E-state index contributed by atoms with van der Waals surface area (Å²) >= 11 is 0. The van der Waals surface area contributed by atoms with Crippen molar-refractivity contribution in [1.29, 1.82) is 0 Å². The van der Waals surface area contributed by atoms with E-state index in [0.717, 1.165) is 60.6 Å². The Bertz CT molecular complexity index is 3770. The average molecular weight is 763 g/mol. The number of hydrogen-bond donors (Lipinski definition) is 0. The number of rotatable bonds is 4. The molecule has 0 unspecified atom stereocenters. The summed E-state index contributed by atoms with van der Waals surface area (Å²) in [6.45, 7) is 0. The maximum atomic E-state index is 7.09. The van der Waals surface area contributed by atoms with Gasteiger partial charge in [0, 0.05) is 32.7 Å². The largest absolute Gasteiger partial charge is 0.456 e. The number of benzene rings is 11. The first-order chi connectivity index (χ1) is 29.8. The van der Waals surface area contributed by atoms with Crippen molar-refractivity contribution in [3.63, 3.8) is 0 Å². The van der Waals surface area contributed by atoms with Crippen molar-refractivity contribution in [1.82, 2.24) is 0 Å². The summed E-state index contributed by atoms with van der Waals surface area (Å²) in [5.41, 5.74) is 13.0. The summed E-state index contributed by atoms with van der Waals surface area (Å²) in [6.07, 6.45) is 0. The van der Waals surface area contributed by atoms with E-state index >= 15 is 0 Å². The second-order valence-corrected chi connectivity index (χ2v) is 15.9. The highest BCUT2D eigenvalue weighted by Crippen LogP contribution is 2.48. The van der Waals surface area contributed by atoms with Crippen molar-refractivity contribution in [2.24, 2.45) is 0 Å². The fourth-order valence-electron chi connectivity index (χ4n) is 10.1. The Morgan fingerprint density at radius 1 is 0.217 bits per heavy atom. The van der Waals surface area contributed by atoms with Gasteiger partial charge in [-0.05, 0) is 107 Å². The predicted octanol–water partition coefficient (Wildman–Crippen LogP) is 16.8. The van der Waals surface area contributed by atoms with Gasteiger partial charge in [-0.1, -0.05) is 176 Å². The van der Waals surface area contributed by atoms with Crippen LogP contribution in [-0.4, -0.2) is 0 Å². The van der Waals surface area contributed by atoms with E-state index in [-0.39, 0.29) is 0 Å². The molecule has 0 spiro atoms. The monoisotopic (exact) mass is 762 g/mol. The third-order valence-corrected chi connectivity index (χ3v) is 12.6. The number of fused-ring (bicyclic) bond motifs is 10. The smallest absolute Gasteiger partial charge is 0.143 e. The molecule has 0 saturated heterocycles. The molecule has 0 bridgehead atoms. The summed E-state index contributed by atoms with van der Waals surface area (Å²) < 4.78 is 13.5. The molecule has 0 aliphatic rings. The van der Waals surface area contributed by atoms with Crippen molar-refractivity contribution in [2.75, 3.05) is 0 Å². The highest BCUT2D eigenvalue weighted by Gasteiger charge is 2.22. The van der Waals surface area contributed by atoms with Gasteiger partial charge in [0.05, 0.1) is 0 Å². The van der Waals surface area contributed by atoms with E-state index in [0.29, 0.717) is 0 Å². The van der Waals surface area contributed by atoms with Crippen molar-refractivity contribution in [2.45, 2.75) is 0 Å². The van der Waals surface area contributed by atoms with Crippen molar-refractivity contribution in [3.8, 4) is 44.5 Å². The Morgan fingerprint density at radius 2 is 0.600 bits per heavy atom. The molecule has 0 amide bonds. The predicted molar refractivity (Wildman–Crippen MR) is 253 cm³/mol. The van der Waals surface area contributed by atoms with Gasteiger partial charge >= 0.3 is 0 Å². The molecule has 0 fully saturated rings. The van der Waals surface area contributed by atoms with Crippen molar-refractivity contribution >= 4 is 87.0 Å². The molecular formula is C58H34O2. The number of furan rings is 2. The topological polar surface area (TPSA) is 26.3 Å². The van der Waals surface area contributed by atoms with Crippen molar-refractivity contribution < 1.29 is 8.83 Å². The van der Waals surface area contributed by atoms with Crippen LogP contribution in [0, 0.1) is 0 Å². The van der Waals surface area contributed by atoms with Crippen LogP contribution in [0.3, 0.4) is 0 Å². The quantitative estimate of drug-likeness (QED) is 0.167. The first-order valence-corrected chi connectivity index (χ1v) is 20.6. The zero-order valence-electron chi connectivity index (χ0n) is 32.4. The Morgan fingerprint density at radius 3 is 1.13 bits per heavy atom. The molecule has 2 aromatic heterocycles. The lowest BCUT2D eigenvalue weighted by Gasteiger charge is -2.17. The second-order valence-electron chi connectivity index (χ2n) is 15.9. The van der Waals surface area contributed by atoms with E-state index < -0.39 is 0 Å². The lowest BCUT2D eigenvalue weighted by atomic mass is 9.85. The molecule has 0 N–H and O–H groups in total. The molecule has 0 radical (unpaired) electrons. The molecule has 0 atom stereocenters.